The number of carbonyl (C=O) groups excluding carboxylic acids is 1. The summed E-state index contributed by atoms with van der Waals surface area (Å²) in [6, 6.07) is 8.26. The number of phenols is 3. The predicted octanol–water partition coefficient (Wildman–Crippen LogP) is 4.99. The Morgan fingerprint density at radius 3 is 2.34 bits per heavy atom. The molecule has 2 fully saturated rings. The molecule has 2 aliphatic carbocycles. The molecule has 7 N–H and O–H groups in total. The highest BCUT2D eigenvalue weighted by Gasteiger charge is 2.63. The van der Waals surface area contributed by atoms with Gasteiger partial charge in [-0.05, 0) is 97.4 Å². The van der Waals surface area contributed by atoms with E-state index in [4.69, 9.17) is 15.2 Å². The summed E-state index contributed by atoms with van der Waals surface area (Å²) in [6.07, 6.45) is 11.6. The van der Waals surface area contributed by atoms with E-state index in [-0.39, 0.29) is 40.6 Å². The number of benzene rings is 2. The van der Waals surface area contributed by atoms with Crippen molar-refractivity contribution < 1.29 is 34.7 Å². The van der Waals surface area contributed by atoms with E-state index in [2.05, 4.69) is 11.4 Å². The molecule has 2 aromatic rings. The molecule has 9 nitrogen and oxygen atoms in total. The predicted molar refractivity (Wildman–Crippen MR) is 168 cm³/mol. The smallest absolute Gasteiger partial charge is 0.200 e. The Hall–Kier alpha value is -3.85. The van der Waals surface area contributed by atoms with Crippen molar-refractivity contribution in [2.45, 2.75) is 76.7 Å². The van der Waals surface area contributed by atoms with Gasteiger partial charge in [-0.2, -0.15) is 0 Å². The monoisotopic (exact) mass is 606 g/mol. The number of Topliss-reactive ketones (excluding diaryl/α,β-unsaturated/α-hetero) is 1. The van der Waals surface area contributed by atoms with E-state index in [1.807, 2.05) is 12.1 Å². The van der Waals surface area contributed by atoms with Gasteiger partial charge in [0.1, 0.15) is 5.78 Å². The van der Waals surface area contributed by atoms with Crippen molar-refractivity contribution in [3.63, 3.8) is 0 Å². The van der Waals surface area contributed by atoms with Gasteiger partial charge >= 0.3 is 0 Å². The first kappa shape index (κ1) is 31.6. The summed E-state index contributed by atoms with van der Waals surface area (Å²) >= 11 is 0. The maximum Gasteiger partial charge on any atom is 0.200 e. The van der Waals surface area contributed by atoms with Crippen molar-refractivity contribution >= 4 is 5.78 Å². The highest BCUT2D eigenvalue weighted by molar-refractivity contribution is 5.84. The Morgan fingerprint density at radius 2 is 1.64 bits per heavy atom. The number of phenolic OH excluding ortho intramolecular Hbond substituents is 3. The average molecular weight is 607 g/mol. The van der Waals surface area contributed by atoms with E-state index >= 15 is 0 Å². The summed E-state index contributed by atoms with van der Waals surface area (Å²) in [5.74, 6) is -0.180. The number of aryl methyl sites for hydroxylation is 2. The first-order valence-electron chi connectivity index (χ1n) is 15.7. The highest BCUT2D eigenvalue weighted by atomic mass is 16.5. The molecule has 1 spiro atoms. The summed E-state index contributed by atoms with van der Waals surface area (Å²) in [6.45, 7) is 0.576. The Balaban J connectivity index is 1.52. The van der Waals surface area contributed by atoms with Gasteiger partial charge in [-0.3, -0.25) is 4.79 Å². The van der Waals surface area contributed by atoms with Crippen LogP contribution in [0.3, 0.4) is 0 Å². The second kappa shape index (κ2) is 13.0. The molecule has 3 atom stereocenters. The zero-order valence-electron chi connectivity index (χ0n) is 25.8. The van der Waals surface area contributed by atoms with E-state index in [1.165, 1.54) is 20.3 Å². The summed E-state index contributed by atoms with van der Waals surface area (Å²) in [7, 11) is 2.92. The molecule has 0 aromatic heterocycles. The van der Waals surface area contributed by atoms with Crippen molar-refractivity contribution in [1.82, 2.24) is 5.32 Å². The van der Waals surface area contributed by atoms with E-state index < -0.39 is 17.4 Å². The lowest BCUT2D eigenvalue weighted by Gasteiger charge is -2.52. The first-order valence-corrected chi connectivity index (χ1v) is 15.7. The molecular formula is C35H46N2O7. The van der Waals surface area contributed by atoms with Gasteiger partial charge < -0.3 is 41.0 Å². The minimum Gasteiger partial charge on any atom is -0.504 e. The van der Waals surface area contributed by atoms with Crippen LogP contribution in [0.5, 0.6) is 28.7 Å². The third-order valence-corrected chi connectivity index (χ3v) is 10.4. The van der Waals surface area contributed by atoms with E-state index in [9.17, 15) is 25.2 Å². The SMILES string of the molecule is COc1cc(CC[C@@H](O)[C@H](C(=O)CCc2cc(O)c(O)c(OC)c2)[C@]2(C3=CCNC(N)=C3)CCCC23CCCC3)ccc1O. The van der Waals surface area contributed by atoms with Crippen molar-refractivity contribution in [2.75, 3.05) is 20.8 Å². The number of ether oxygens (including phenoxy) is 2. The number of hydrogen-bond acceptors (Lipinski definition) is 9. The molecule has 0 unspecified atom stereocenters. The number of aliphatic hydroxyl groups excluding tert-OH is 1. The number of aromatic hydroxyl groups is 3. The number of hydrogen-bond donors (Lipinski definition) is 6. The molecule has 0 saturated heterocycles. The number of nitrogens with two attached hydrogens (primary N) is 1. The molecule has 1 aliphatic heterocycles. The maximum atomic E-state index is 14.6. The van der Waals surface area contributed by atoms with Crippen LogP contribution in [-0.2, 0) is 17.6 Å². The Morgan fingerprint density at radius 1 is 0.932 bits per heavy atom. The minimum absolute atomic E-state index is 0.0214. The number of nitrogens with one attached hydrogen (secondary N) is 1. The largest absolute Gasteiger partial charge is 0.504 e. The van der Waals surface area contributed by atoms with Gasteiger partial charge in [-0.15, -0.1) is 0 Å². The normalized spacial score (nSPS) is 22.2. The molecule has 0 bridgehead atoms. The fraction of sp³-hybridized carbons (Fsp3) is 0.514. The van der Waals surface area contributed by atoms with E-state index in [0.717, 1.165) is 56.1 Å². The van der Waals surface area contributed by atoms with E-state index in [0.29, 0.717) is 42.9 Å². The van der Waals surface area contributed by atoms with Gasteiger partial charge in [0.05, 0.1) is 32.1 Å². The topological polar surface area (TPSA) is 154 Å². The quantitative estimate of drug-likeness (QED) is 0.183. The summed E-state index contributed by atoms with van der Waals surface area (Å²) < 4.78 is 10.5. The van der Waals surface area contributed by atoms with Crippen molar-refractivity contribution in [1.29, 1.82) is 0 Å². The minimum atomic E-state index is -0.925. The van der Waals surface area contributed by atoms with Crippen LogP contribution in [0.4, 0.5) is 0 Å². The lowest BCUT2D eigenvalue weighted by molar-refractivity contribution is -0.137. The number of methoxy groups -OCH3 is 2. The van der Waals surface area contributed by atoms with Gasteiger partial charge in [-0.1, -0.05) is 31.4 Å². The molecule has 44 heavy (non-hydrogen) atoms. The van der Waals surface area contributed by atoms with Gasteiger partial charge in [-0.25, -0.2) is 0 Å². The Labute approximate surface area is 259 Å². The first-order chi connectivity index (χ1) is 21.1. The molecule has 2 aromatic carbocycles. The fourth-order valence-electron chi connectivity index (χ4n) is 8.47. The average Bonchev–Trinajstić information content (AvgIpc) is 3.65. The lowest BCUT2D eigenvalue weighted by atomic mass is 9.52. The highest BCUT2D eigenvalue weighted by Crippen LogP contribution is 2.68. The number of ketones is 1. The van der Waals surface area contributed by atoms with Crippen LogP contribution in [0.2, 0.25) is 0 Å². The summed E-state index contributed by atoms with van der Waals surface area (Å²) in [5, 5.41) is 45.8. The Kier molecular flexibility index (Phi) is 9.34. The molecule has 0 amide bonds. The van der Waals surface area contributed by atoms with Gasteiger partial charge in [0.2, 0.25) is 5.75 Å². The second-order valence-corrected chi connectivity index (χ2v) is 12.7. The molecule has 9 heteroatoms. The van der Waals surface area contributed by atoms with Gasteiger partial charge in [0.25, 0.3) is 0 Å². The molecular weight excluding hydrogens is 560 g/mol. The summed E-state index contributed by atoms with van der Waals surface area (Å²) in [5.41, 5.74) is 8.28. The van der Waals surface area contributed by atoms with Crippen molar-refractivity contribution in [2.24, 2.45) is 22.5 Å². The summed E-state index contributed by atoms with van der Waals surface area (Å²) in [4.78, 5) is 14.6. The van der Waals surface area contributed by atoms with Crippen LogP contribution in [0.15, 0.2) is 53.9 Å². The molecule has 238 valence electrons. The molecule has 2 saturated carbocycles. The third-order valence-electron chi connectivity index (χ3n) is 10.4. The van der Waals surface area contributed by atoms with E-state index in [1.54, 1.807) is 18.2 Å². The van der Waals surface area contributed by atoms with Gasteiger partial charge in [0, 0.05) is 18.4 Å². The van der Waals surface area contributed by atoms with Crippen LogP contribution in [-0.4, -0.2) is 53.1 Å². The lowest BCUT2D eigenvalue weighted by Crippen LogP contribution is -2.52. The number of carbonyl (C=O) groups is 1. The zero-order valence-corrected chi connectivity index (χ0v) is 25.8. The van der Waals surface area contributed by atoms with Gasteiger partial charge in [0.15, 0.2) is 23.0 Å². The molecule has 3 aliphatic rings. The third kappa shape index (κ3) is 5.82. The number of dihydropyridines is 1. The number of aliphatic hydroxyl groups is 1. The van der Waals surface area contributed by atoms with Crippen LogP contribution >= 0.6 is 0 Å². The van der Waals surface area contributed by atoms with Crippen LogP contribution in [0, 0.1) is 16.7 Å². The van der Waals surface area contributed by atoms with Crippen molar-refractivity contribution in [3.05, 3.63) is 65.0 Å². The maximum absolute atomic E-state index is 14.6. The Bertz CT molecular complexity index is 1420. The standard InChI is InChI=1S/C35H46N2O7/c1-43-29-19-22(6-9-25(29)38)7-10-26(39)32(27(40)11-8-23-18-28(41)33(42)30(20-23)44-2)35(24-12-17-37-31(36)21-24)16-5-15-34(35)13-3-4-14-34/h6,9,12,18-21,26,32,37-39,41-42H,3-5,7-8,10-11,13-17,36H2,1-2H3/t26-,32-,35-/m1/s1. The molecule has 5 rings (SSSR count). The number of allylic oxidation sites excluding steroid dienone is 2. The second-order valence-electron chi connectivity index (χ2n) is 12.7. The van der Waals surface area contributed by atoms with Crippen molar-refractivity contribution in [3.8, 4) is 28.7 Å². The fourth-order valence-corrected chi connectivity index (χ4v) is 8.47. The number of rotatable bonds is 12. The van der Waals surface area contributed by atoms with Crippen LogP contribution in [0.25, 0.3) is 0 Å². The zero-order chi connectivity index (χ0) is 31.5. The van der Waals surface area contributed by atoms with Crippen LogP contribution < -0.4 is 20.5 Å². The molecule has 0 radical (unpaired) electrons. The van der Waals surface area contributed by atoms with Crippen LogP contribution in [0.1, 0.15) is 68.9 Å². The molecule has 1 heterocycles.